The molecule has 1 aromatic carbocycles. The molecule has 1 unspecified atom stereocenters. The first-order valence-corrected chi connectivity index (χ1v) is 6.32. The zero-order chi connectivity index (χ0) is 13.0. The molecule has 0 aliphatic heterocycles. The van der Waals surface area contributed by atoms with Gasteiger partial charge in [0, 0.05) is 0 Å². The number of hydrogen-bond acceptors (Lipinski definition) is 2. The van der Waals surface area contributed by atoms with Crippen LogP contribution >= 0.6 is 0 Å². The molecule has 0 aromatic heterocycles. The van der Waals surface area contributed by atoms with Crippen LogP contribution in [0.3, 0.4) is 0 Å². The molecule has 2 rings (SSSR count). The van der Waals surface area contributed by atoms with Crippen LogP contribution in [0.1, 0.15) is 25.8 Å². The lowest BCUT2D eigenvalue weighted by molar-refractivity contribution is -0.145. The predicted octanol–water partition coefficient (Wildman–Crippen LogP) is 3.60. The Morgan fingerprint density at radius 3 is 2.72 bits per heavy atom. The van der Waals surface area contributed by atoms with Crippen molar-refractivity contribution in [1.29, 1.82) is 0 Å². The number of ether oxygens (including phenoxy) is 1. The van der Waals surface area contributed by atoms with Gasteiger partial charge in [0.25, 0.3) is 0 Å². The van der Waals surface area contributed by atoms with Crippen LogP contribution in [0.2, 0.25) is 0 Å². The van der Waals surface area contributed by atoms with Crippen molar-refractivity contribution >= 4 is 11.5 Å². The third-order valence-electron chi connectivity index (χ3n) is 3.11. The smallest absolute Gasteiger partial charge is 0.313 e. The van der Waals surface area contributed by atoms with E-state index >= 15 is 0 Å². The second-order valence-corrected chi connectivity index (χ2v) is 4.45. The van der Waals surface area contributed by atoms with Crippen molar-refractivity contribution in [3.63, 3.8) is 0 Å². The van der Waals surface area contributed by atoms with E-state index in [0.29, 0.717) is 6.61 Å². The van der Waals surface area contributed by atoms with Gasteiger partial charge in [-0.05, 0) is 31.4 Å². The van der Waals surface area contributed by atoms with Gasteiger partial charge < -0.3 is 4.74 Å². The maximum absolute atomic E-state index is 12.0. The van der Waals surface area contributed by atoms with Crippen molar-refractivity contribution in [1.82, 2.24) is 0 Å². The first-order valence-electron chi connectivity index (χ1n) is 6.32. The summed E-state index contributed by atoms with van der Waals surface area (Å²) >= 11 is 0. The fourth-order valence-corrected chi connectivity index (χ4v) is 2.22. The Balaban J connectivity index is 2.32. The van der Waals surface area contributed by atoms with Crippen molar-refractivity contribution in [2.45, 2.75) is 20.3 Å². The molecule has 2 nitrogen and oxygen atoms in total. The molecule has 0 saturated heterocycles. The average Bonchev–Trinajstić information content (AvgIpc) is 2.40. The van der Waals surface area contributed by atoms with Crippen molar-refractivity contribution < 1.29 is 9.53 Å². The molecule has 18 heavy (non-hydrogen) atoms. The standard InChI is InChI=1S/C16H18O2/c1-3-18-16(17)14-10-9-12(2)11-15(14)13-7-5-4-6-8-13/h4-9,11,14H,3,10H2,1-2H3. The molecule has 1 aliphatic rings. The van der Waals surface area contributed by atoms with Gasteiger partial charge in [-0.3, -0.25) is 4.79 Å². The lowest BCUT2D eigenvalue weighted by Gasteiger charge is -2.21. The topological polar surface area (TPSA) is 26.3 Å². The van der Waals surface area contributed by atoms with Gasteiger partial charge in [-0.2, -0.15) is 0 Å². The normalized spacial score (nSPS) is 18.9. The number of hydrogen-bond donors (Lipinski definition) is 0. The second kappa shape index (κ2) is 5.67. The fraction of sp³-hybridized carbons (Fsp3) is 0.312. The summed E-state index contributed by atoms with van der Waals surface area (Å²) in [7, 11) is 0. The maximum Gasteiger partial charge on any atom is 0.313 e. The van der Waals surface area contributed by atoms with E-state index in [1.54, 1.807) is 0 Å². The molecule has 0 N–H and O–H groups in total. The zero-order valence-electron chi connectivity index (χ0n) is 10.8. The van der Waals surface area contributed by atoms with Crippen LogP contribution < -0.4 is 0 Å². The van der Waals surface area contributed by atoms with Crippen LogP contribution in [0.15, 0.2) is 48.1 Å². The lowest BCUT2D eigenvalue weighted by atomic mass is 9.84. The van der Waals surface area contributed by atoms with Gasteiger partial charge in [0.2, 0.25) is 0 Å². The molecule has 0 saturated carbocycles. The summed E-state index contributed by atoms with van der Waals surface area (Å²) in [6.07, 6.45) is 4.90. The summed E-state index contributed by atoms with van der Waals surface area (Å²) in [4.78, 5) is 12.0. The number of rotatable bonds is 3. The van der Waals surface area contributed by atoms with Gasteiger partial charge in [-0.25, -0.2) is 0 Å². The molecule has 0 fully saturated rings. The van der Waals surface area contributed by atoms with Crippen LogP contribution in [0.25, 0.3) is 5.57 Å². The van der Waals surface area contributed by atoms with Crippen molar-refractivity contribution in [3.8, 4) is 0 Å². The third kappa shape index (κ3) is 2.70. The zero-order valence-corrected chi connectivity index (χ0v) is 10.8. The molecule has 1 atom stereocenters. The molecule has 0 amide bonds. The number of benzene rings is 1. The average molecular weight is 242 g/mol. The molecule has 0 heterocycles. The number of carbonyl (C=O) groups is 1. The minimum atomic E-state index is -0.170. The summed E-state index contributed by atoms with van der Waals surface area (Å²) in [5, 5.41) is 0. The largest absolute Gasteiger partial charge is 0.466 e. The Labute approximate surface area is 108 Å². The molecule has 0 bridgehead atoms. The third-order valence-corrected chi connectivity index (χ3v) is 3.11. The molecule has 2 heteroatoms. The first kappa shape index (κ1) is 12.6. The summed E-state index contributed by atoms with van der Waals surface area (Å²) in [5.74, 6) is -0.299. The number of esters is 1. The van der Waals surface area contributed by atoms with Gasteiger partial charge in [0.05, 0.1) is 12.5 Å². The summed E-state index contributed by atoms with van der Waals surface area (Å²) in [5.41, 5.74) is 3.37. The Bertz CT molecular complexity index is 483. The summed E-state index contributed by atoms with van der Waals surface area (Å²) < 4.78 is 5.16. The van der Waals surface area contributed by atoms with Gasteiger partial charge in [0.1, 0.15) is 0 Å². The monoisotopic (exact) mass is 242 g/mol. The Hall–Kier alpha value is -1.83. The Morgan fingerprint density at radius 2 is 2.06 bits per heavy atom. The minimum absolute atomic E-state index is 0.128. The molecular formula is C16H18O2. The van der Waals surface area contributed by atoms with Gasteiger partial charge >= 0.3 is 5.97 Å². The van der Waals surface area contributed by atoms with E-state index in [9.17, 15) is 4.79 Å². The van der Waals surface area contributed by atoms with Crippen molar-refractivity contribution in [2.24, 2.45) is 5.92 Å². The van der Waals surface area contributed by atoms with Crippen LogP contribution in [-0.4, -0.2) is 12.6 Å². The van der Waals surface area contributed by atoms with Gasteiger partial charge in [0.15, 0.2) is 0 Å². The van der Waals surface area contributed by atoms with Crippen molar-refractivity contribution in [2.75, 3.05) is 6.61 Å². The van der Waals surface area contributed by atoms with E-state index in [-0.39, 0.29) is 11.9 Å². The highest BCUT2D eigenvalue weighted by Gasteiger charge is 2.26. The minimum Gasteiger partial charge on any atom is -0.466 e. The highest BCUT2D eigenvalue weighted by molar-refractivity contribution is 5.90. The van der Waals surface area contributed by atoms with Crippen LogP contribution in [-0.2, 0) is 9.53 Å². The Kier molecular flexibility index (Phi) is 3.98. The SMILES string of the molecule is CCOC(=O)C1CC=C(C)C=C1c1ccccc1. The van der Waals surface area contributed by atoms with E-state index in [2.05, 4.69) is 19.1 Å². The predicted molar refractivity (Wildman–Crippen MR) is 72.9 cm³/mol. The quantitative estimate of drug-likeness (QED) is 0.757. The number of allylic oxidation sites excluding steroid dienone is 3. The van der Waals surface area contributed by atoms with Gasteiger partial charge in [-0.1, -0.05) is 48.1 Å². The van der Waals surface area contributed by atoms with E-state index in [1.807, 2.05) is 37.3 Å². The van der Waals surface area contributed by atoms with Crippen LogP contribution in [0.5, 0.6) is 0 Å². The number of carbonyl (C=O) groups excluding carboxylic acids is 1. The van der Waals surface area contributed by atoms with Crippen LogP contribution in [0, 0.1) is 5.92 Å². The first-order chi connectivity index (χ1) is 8.72. The Morgan fingerprint density at radius 1 is 1.33 bits per heavy atom. The molecule has 94 valence electrons. The fourth-order valence-electron chi connectivity index (χ4n) is 2.22. The lowest BCUT2D eigenvalue weighted by Crippen LogP contribution is -2.20. The highest BCUT2D eigenvalue weighted by atomic mass is 16.5. The molecule has 1 aliphatic carbocycles. The van der Waals surface area contributed by atoms with Crippen LogP contribution in [0.4, 0.5) is 0 Å². The molecule has 1 aromatic rings. The van der Waals surface area contributed by atoms with E-state index in [0.717, 1.165) is 17.6 Å². The van der Waals surface area contributed by atoms with Gasteiger partial charge in [-0.15, -0.1) is 0 Å². The summed E-state index contributed by atoms with van der Waals surface area (Å²) in [6, 6.07) is 10.0. The van der Waals surface area contributed by atoms with E-state index in [1.165, 1.54) is 5.57 Å². The van der Waals surface area contributed by atoms with E-state index < -0.39 is 0 Å². The second-order valence-electron chi connectivity index (χ2n) is 4.45. The maximum atomic E-state index is 12.0. The molecule has 0 spiro atoms. The van der Waals surface area contributed by atoms with Crippen molar-refractivity contribution in [3.05, 3.63) is 53.6 Å². The summed E-state index contributed by atoms with van der Waals surface area (Å²) in [6.45, 7) is 4.33. The molecular weight excluding hydrogens is 224 g/mol. The highest BCUT2D eigenvalue weighted by Crippen LogP contribution is 2.32. The van der Waals surface area contributed by atoms with E-state index in [4.69, 9.17) is 4.74 Å². The molecule has 0 radical (unpaired) electrons.